The molecular formula is C21H34N2O5S. The molecule has 0 heterocycles. The first kappa shape index (κ1) is 25.1. The molecular weight excluding hydrogens is 392 g/mol. The Morgan fingerprint density at radius 2 is 1.38 bits per heavy atom. The van der Waals surface area contributed by atoms with Gasteiger partial charge in [-0.1, -0.05) is 13.8 Å². The zero-order valence-electron chi connectivity index (χ0n) is 18.6. The summed E-state index contributed by atoms with van der Waals surface area (Å²) >= 11 is 0. The Morgan fingerprint density at radius 1 is 0.897 bits per heavy atom. The molecule has 8 heteroatoms. The third-order valence-electron chi connectivity index (χ3n) is 5.54. The van der Waals surface area contributed by atoms with Crippen molar-refractivity contribution < 1.29 is 22.7 Å². The van der Waals surface area contributed by atoms with Crippen molar-refractivity contribution in [1.82, 2.24) is 10.0 Å². The van der Waals surface area contributed by atoms with Crippen LogP contribution >= 0.6 is 0 Å². The van der Waals surface area contributed by atoms with E-state index in [-0.39, 0.29) is 36.4 Å². The zero-order valence-corrected chi connectivity index (χ0v) is 19.4. The molecule has 1 amide bonds. The Labute approximate surface area is 174 Å². The van der Waals surface area contributed by atoms with Crippen molar-refractivity contribution in [3.05, 3.63) is 27.8 Å². The average Bonchev–Trinajstić information content (AvgIpc) is 2.67. The van der Waals surface area contributed by atoms with Crippen LogP contribution in [0.3, 0.4) is 0 Å². The summed E-state index contributed by atoms with van der Waals surface area (Å²) in [5.41, 5.74) is 4.37. The van der Waals surface area contributed by atoms with E-state index in [1.165, 1.54) is 0 Å². The molecule has 0 bridgehead atoms. The first-order chi connectivity index (χ1) is 13.5. The number of benzene rings is 1. The molecule has 29 heavy (non-hydrogen) atoms. The molecule has 0 unspecified atom stereocenters. The standard InChI is InChI=1S/C21H34N2O5S/c1-8-18(9-2)23-19(24)12-28-20(25)10-11-22-29(26,27)21-16(6)14(4)13(3)15(5)17(21)7/h18,22H,8-12H2,1-7H3,(H,23,24). The number of ether oxygens (including phenoxy) is 1. The summed E-state index contributed by atoms with van der Waals surface area (Å²) in [6.07, 6.45) is 1.45. The second-order valence-electron chi connectivity index (χ2n) is 7.34. The summed E-state index contributed by atoms with van der Waals surface area (Å²) in [5.74, 6) is -0.985. The maximum atomic E-state index is 12.8. The van der Waals surface area contributed by atoms with E-state index in [1.54, 1.807) is 13.8 Å². The molecule has 0 radical (unpaired) electrons. The Balaban J connectivity index is 2.66. The van der Waals surface area contributed by atoms with Crippen LogP contribution in [-0.2, 0) is 24.3 Å². The van der Waals surface area contributed by atoms with Crippen molar-refractivity contribution in [2.24, 2.45) is 0 Å². The third-order valence-corrected chi connectivity index (χ3v) is 7.27. The van der Waals surface area contributed by atoms with Gasteiger partial charge in [-0.3, -0.25) is 9.59 Å². The van der Waals surface area contributed by atoms with Crippen LogP contribution in [0.25, 0.3) is 0 Å². The van der Waals surface area contributed by atoms with Gasteiger partial charge < -0.3 is 10.1 Å². The summed E-state index contributed by atoms with van der Waals surface area (Å²) in [4.78, 5) is 23.9. The van der Waals surface area contributed by atoms with Gasteiger partial charge in [0.2, 0.25) is 10.0 Å². The van der Waals surface area contributed by atoms with Crippen molar-refractivity contribution in [2.45, 2.75) is 78.7 Å². The Kier molecular flexibility index (Phi) is 9.29. The van der Waals surface area contributed by atoms with Gasteiger partial charge in [-0.2, -0.15) is 0 Å². The highest BCUT2D eigenvalue weighted by atomic mass is 32.2. The first-order valence-electron chi connectivity index (χ1n) is 9.97. The van der Waals surface area contributed by atoms with Crippen LogP contribution in [0.4, 0.5) is 0 Å². The van der Waals surface area contributed by atoms with E-state index in [2.05, 4.69) is 10.0 Å². The highest BCUT2D eigenvalue weighted by Gasteiger charge is 2.23. The van der Waals surface area contributed by atoms with Crippen LogP contribution in [0.5, 0.6) is 0 Å². The minimum absolute atomic E-state index is 0.0564. The number of nitrogens with one attached hydrogen (secondary N) is 2. The quantitative estimate of drug-likeness (QED) is 0.560. The molecule has 0 saturated carbocycles. The molecule has 0 atom stereocenters. The van der Waals surface area contributed by atoms with E-state index in [0.717, 1.165) is 29.5 Å². The van der Waals surface area contributed by atoms with Crippen LogP contribution in [-0.4, -0.2) is 39.5 Å². The molecule has 164 valence electrons. The van der Waals surface area contributed by atoms with Gasteiger partial charge in [-0.15, -0.1) is 0 Å². The lowest BCUT2D eigenvalue weighted by atomic mass is 9.95. The fraction of sp³-hybridized carbons (Fsp3) is 0.619. The number of hydrogen-bond donors (Lipinski definition) is 2. The predicted molar refractivity (Wildman–Crippen MR) is 113 cm³/mol. The number of carbonyl (C=O) groups excluding carboxylic acids is 2. The average molecular weight is 427 g/mol. The van der Waals surface area contributed by atoms with Gasteiger partial charge in [-0.25, -0.2) is 13.1 Å². The first-order valence-corrected chi connectivity index (χ1v) is 11.5. The number of amides is 1. The second kappa shape index (κ2) is 10.7. The second-order valence-corrected chi connectivity index (χ2v) is 9.05. The molecule has 7 nitrogen and oxygen atoms in total. The molecule has 0 spiro atoms. The van der Waals surface area contributed by atoms with Crippen LogP contribution in [0.1, 0.15) is 60.9 Å². The lowest BCUT2D eigenvalue weighted by molar-refractivity contribution is -0.148. The Hall–Kier alpha value is -1.93. The van der Waals surface area contributed by atoms with Gasteiger partial charge in [0, 0.05) is 12.6 Å². The van der Waals surface area contributed by atoms with Crippen LogP contribution in [0.2, 0.25) is 0 Å². The van der Waals surface area contributed by atoms with E-state index >= 15 is 0 Å². The van der Waals surface area contributed by atoms with Crippen LogP contribution in [0.15, 0.2) is 4.90 Å². The van der Waals surface area contributed by atoms with Gasteiger partial charge in [0.1, 0.15) is 0 Å². The van der Waals surface area contributed by atoms with Crippen molar-refractivity contribution in [3.63, 3.8) is 0 Å². The van der Waals surface area contributed by atoms with E-state index < -0.39 is 16.0 Å². The van der Waals surface area contributed by atoms with E-state index in [0.29, 0.717) is 11.1 Å². The molecule has 1 aromatic rings. The molecule has 0 aliphatic carbocycles. The highest BCUT2D eigenvalue weighted by molar-refractivity contribution is 7.89. The topological polar surface area (TPSA) is 102 Å². The molecule has 0 aliphatic rings. The molecule has 0 aromatic heterocycles. The molecule has 1 rings (SSSR count). The van der Waals surface area contributed by atoms with Crippen LogP contribution < -0.4 is 10.0 Å². The van der Waals surface area contributed by atoms with Crippen LogP contribution in [0, 0.1) is 34.6 Å². The predicted octanol–water partition coefficient (Wildman–Crippen LogP) is 2.75. The summed E-state index contributed by atoms with van der Waals surface area (Å²) < 4.78 is 33.0. The smallest absolute Gasteiger partial charge is 0.307 e. The summed E-state index contributed by atoms with van der Waals surface area (Å²) in [5, 5.41) is 2.77. The monoisotopic (exact) mass is 426 g/mol. The summed E-state index contributed by atoms with van der Waals surface area (Å²) in [7, 11) is -3.77. The number of rotatable bonds is 10. The molecule has 0 saturated heterocycles. The molecule has 0 fully saturated rings. The Morgan fingerprint density at radius 3 is 1.86 bits per heavy atom. The minimum atomic E-state index is -3.77. The number of carbonyl (C=O) groups is 2. The van der Waals surface area contributed by atoms with Gasteiger partial charge in [0.25, 0.3) is 5.91 Å². The fourth-order valence-electron chi connectivity index (χ4n) is 3.21. The largest absolute Gasteiger partial charge is 0.456 e. The van der Waals surface area contributed by atoms with E-state index in [4.69, 9.17) is 4.74 Å². The SMILES string of the molecule is CCC(CC)NC(=O)COC(=O)CCNS(=O)(=O)c1c(C)c(C)c(C)c(C)c1C. The highest BCUT2D eigenvalue weighted by Crippen LogP contribution is 2.29. The van der Waals surface area contributed by atoms with E-state index in [1.807, 2.05) is 34.6 Å². The zero-order chi connectivity index (χ0) is 22.4. The lowest BCUT2D eigenvalue weighted by Gasteiger charge is -2.19. The van der Waals surface area contributed by atoms with Gasteiger partial charge in [-0.05, 0) is 75.3 Å². The number of sulfonamides is 1. The maximum absolute atomic E-state index is 12.8. The third kappa shape index (κ3) is 6.54. The van der Waals surface area contributed by atoms with Crippen molar-refractivity contribution in [2.75, 3.05) is 13.2 Å². The Bertz CT molecular complexity index is 829. The summed E-state index contributed by atoms with van der Waals surface area (Å²) in [6.45, 7) is 12.8. The number of hydrogen-bond acceptors (Lipinski definition) is 5. The minimum Gasteiger partial charge on any atom is -0.456 e. The van der Waals surface area contributed by atoms with Crippen molar-refractivity contribution >= 4 is 21.9 Å². The van der Waals surface area contributed by atoms with Gasteiger partial charge in [0.15, 0.2) is 6.61 Å². The molecule has 0 aliphatic heterocycles. The van der Waals surface area contributed by atoms with E-state index in [9.17, 15) is 18.0 Å². The molecule has 1 aromatic carbocycles. The van der Waals surface area contributed by atoms with Gasteiger partial charge >= 0.3 is 5.97 Å². The van der Waals surface area contributed by atoms with Crippen molar-refractivity contribution in [1.29, 1.82) is 0 Å². The maximum Gasteiger partial charge on any atom is 0.307 e. The fourth-order valence-corrected chi connectivity index (χ4v) is 4.84. The number of esters is 1. The van der Waals surface area contributed by atoms with Crippen molar-refractivity contribution in [3.8, 4) is 0 Å². The molecule has 2 N–H and O–H groups in total. The lowest BCUT2D eigenvalue weighted by Crippen LogP contribution is -2.37. The van der Waals surface area contributed by atoms with Gasteiger partial charge in [0.05, 0.1) is 11.3 Å². The summed E-state index contributed by atoms with van der Waals surface area (Å²) in [6, 6.07) is 0.0564. The normalized spacial score (nSPS) is 11.6.